The summed E-state index contributed by atoms with van der Waals surface area (Å²) in [7, 11) is 0. The van der Waals surface area contributed by atoms with Gasteiger partial charge < -0.3 is 27.5 Å². The fraction of sp³-hybridized carbons (Fsp3) is 0. The van der Waals surface area contributed by atoms with Crippen LogP contribution in [-0.2, 0) is 0 Å². The predicted octanol–water partition coefficient (Wildman–Crippen LogP) is 28.5. The maximum Gasteiger partial charge on any atom is 0.143 e. The van der Waals surface area contributed by atoms with Crippen molar-refractivity contribution in [3.63, 3.8) is 0 Å². The Morgan fingerprint density at radius 3 is 1.17 bits per heavy atom. The van der Waals surface area contributed by atoms with Crippen LogP contribution in [0.4, 0.5) is 34.1 Å². The maximum absolute atomic E-state index is 7.24. The number of nitrogens with zero attached hydrogens (tertiary/aromatic N) is 2. The van der Waals surface area contributed by atoms with E-state index in [4.69, 9.17) is 17.7 Å². The van der Waals surface area contributed by atoms with Crippen LogP contribution in [-0.4, -0.2) is 0 Å². The number of benzene rings is 17. The van der Waals surface area contributed by atoms with Crippen LogP contribution >= 0.6 is 0 Å². The van der Waals surface area contributed by atoms with Crippen molar-refractivity contribution in [2.45, 2.75) is 0 Å². The Kier molecular flexibility index (Phi) is 13.5. The molecule has 4 heterocycles. The summed E-state index contributed by atoms with van der Waals surface area (Å²) in [6, 6.07) is 130. The maximum atomic E-state index is 7.24. The molecule has 0 fully saturated rings. The first-order chi connectivity index (χ1) is 51.5. The van der Waals surface area contributed by atoms with E-state index in [9.17, 15) is 0 Å². The molecule has 17 aromatic carbocycles. The smallest absolute Gasteiger partial charge is 0.143 e. The summed E-state index contributed by atoms with van der Waals surface area (Å²) < 4.78 is 27.0. The topological polar surface area (TPSA) is 59.0 Å². The Morgan fingerprint density at radius 2 is 0.538 bits per heavy atom. The number of hydrogen-bond donors (Lipinski definition) is 0. The number of rotatable bonds is 12. The highest BCUT2D eigenvalue weighted by Gasteiger charge is 2.27. The molecule has 0 aliphatic rings. The van der Waals surface area contributed by atoms with E-state index in [2.05, 4.69) is 356 Å². The van der Waals surface area contributed by atoms with Gasteiger partial charge in [-0.05, 0) is 187 Å². The van der Waals surface area contributed by atoms with Crippen molar-refractivity contribution in [2.24, 2.45) is 0 Å². The zero-order chi connectivity index (χ0) is 68.3. The Morgan fingerprint density at radius 1 is 0.173 bits per heavy atom. The number of fused-ring (bicyclic) bond motifs is 14. The summed E-state index contributed by atoms with van der Waals surface area (Å²) >= 11 is 0. The van der Waals surface area contributed by atoms with Gasteiger partial charge in [-0.2, -0.15) is 0 Å². The zero-order valence-electron chi connectivity index (χ0n) is 56.2. The lowest BCUT2D eigenvalue weighted by Gasteiger charge is -2.29. The average Bonchev–Trinajstić information content (AvgIpc) is 1.55. The molecule has 0 saturated carbocycles. The molecule has 0 aliphatic carbocycles. The molecule has 4 aromatic heterocycles. The van der Waals surface area contributed by atoms with Gasteiger partial charge in [-0.1, -0.05) is 249 Å². The van der Waals surface area contributed by atoms with Gasteiger partial charge in [0.1, 0.15) is 44.7 Å². The van der Waals surface area contributed by atoms with Crippen LogP contribution in [0.25, 0.3) is 176 Å². The molecule has 0 amide bonds. The lowest BCUT2D eigenvalue weighted by molar-refractivity contribution is 0.668. The van der Waals surface area contributed by atoms with Gasteiger partial charge in [0.15, 0.2) is 0 Å². The van der Waals surface area contributed by atoms with Crippen LogP contribution in [0, 0.1) is 0 Å². The Bertz CT molecular complexity index is 7020. The van der Waals surface area contributed by atoms with E-state index in [0.29, 0.717) is 0 Å². The number of hydrogen-bond acceptors (Lipinski definition) is 6. The summed E-state index contributed by atoms with van der Waals surface area (Å²) in [6.45, 7) is 0. The van der Waals surface area contributed by atoms with Crippen molar-refractivity contribution >= 4 is 143 Å². The Labute approximate surface area is 598 Å². The molecule has 21 aromatic rings. The molecule has 486 valence electrons. The van der Waals surface area contributed by atoms with E-state index in [-0.39, 0.29) is 0 Å². The Hall–Kier alpha value is -13.9. The minimum Gasteiger partial charge on any atom is -0.456 e. The van der Waals surface area contributed by atoms with Crippen molar-refractivity contribution in [1.82, 2.24) is 0 Å². The summed E-state index contributed by atoms with van der Waals surface area (Å²) in [6.07, 6.45) is 0. The van der Waals surface area contributed by atoms with Crippen molar-refractivity contribution in [1.29, 1.82) is 0 Å². The second kappa shape index (κ2) is 23.9. The molecule has 0 N–H and O–H groups in total. The molecule has 6 nitrogen and oxygen atoms in total. The largest absolute Gasteiger partial charge is 0.456 e. The molecule has 6 heteroatoms. The third-order valence-electron chi connectivity index (χ3n) is 21.1. The molecule has 0 saturated heterocycles. The minimum atomic E-state index is 0.784. The van der Waals surface area contributed by atoms with E-state index >= 15 is 0 Å². The van der Waals surface area contributed by atoms with Gasteiger partial charge >= 0.3 is 0 Å². The lowest BCUT2D eigenvalue weighted by Crippen LogP contribution is -2.11. The molecule has 0 radical (unpaired) electrons. The first-order valence-electron chi connectivity index (χ1n) is 35.3. The van der Waals surface area contributed by atoms with E-state index in [1.165, 1.54) is 38.2 Å². The van der Waals surface area contributed by atoms with E-state index < -0.39 is 0 Å². The van der Waals surface area contributed by atoms with E-state index in [1.807, 2.05) is 18.2 Å². The summed E-state index contributed by atoms with van der Waals surface area (Å²) in [5, 5.41) is 13.2. The minimum absolute atomic E-state index is 0.784. The average molecular weight is 1330 g/mol. The van der Waals surface area contributed by atoms with E-state index in [0.717, 1.165) is 172 Å². The summed E-state index contributed by atoms with van der Waals surface area (Å²) in [5.41, 5.74) is 25.9. The van der Waals surface area contributed by atoms with Gasteiger partial charge in [0.2, 0.25) is 0 Å². The number of para-hydroxylation sites is 5. The molecule has 0 unspecified atom stereocenters. The normalized spacial score (nSPS) is 11.8. The zero-order valence-corrected chi connectivity index (χ0v) is 56.2. The molecule has 0 aliphatic heterocycles. The van der Waals surface area contributed by atoms with Gasteiger partial charge in [-0.15, -0.1) is 0 Å². The quantitative estimate of drug-likeness (QED) is 0.121. The van der Waals surface area contributed by atoms with E-state index in [1.54, 1.807) is 0 Å². The van der Waals surface area contributed by atoms with Gasteiger partial charge in [-0.3, -0.25) is 0 Å². The summed E-state index contributed by atoms with van der Waals surface area (Å²) in [5.74, 6) is 0. The monoisotopic (exact) mass is 1330 g/mol. The first kappa shape index (κ1) is 59.0. The summed E-state index contributed by atoms with van der Waals surface area (Å²) in [4.78, 5) is 4.82. The molecule has 21 rings (SSSR count). The Balaban J connectivity index is 0.689. The van der Waals surface area contributed by atoms with Crippen molar-refractivity contribution in [3.8, 4) is 66.8 Å². The van der Waals surface area contributed by atoms with Gasteiger partial charge in [0.05, 0.1) is 33.5 Å². The van der Waals surface area contributed by atoms with Gasteiger partial charge in [0.25, 0.3) is 0 Å². The van der Waals surface area contributed by atoms with Crippen molar-refractivity contribution in [2.75, 3.05) is 9.80 Å². The molecule has 0 bridgehead atoms. The van der Waals surface area contributed by atoms with Crippen LogP contribution < -0.4 is 9.80 Å². The van der Waals surface area contributed by atoms with Crippen LogP contribution in [0.1, 0.15) is 0 Å². The molecule has 0 spiro atoms. The van der Waals surface area contributed by atoms with Gasteiger partial charge in [-0.25, -0.2) is 0 Å². The van der Waals surface area contributed by atoms with Crippen LogP contribution in [0.15, 0.2) is 382 Å². The number of anilines is 6. The fourth-order valence-electron chi connectivity index (χ4n) is 16.3. The molecular formula is C98H60N2O4. The molecular weight excluding hydrogens is 1270 g/mol. The SMILES string of the molecule is c1cc(-c2ccc(N(c3ccccc3-c3ccc4oc5ccc(-c6cccc7c6oc6cccc(N(c8cccc(-c9cccc%10ccccc9%10)c8)c8ccccc8-c8ccc9oc%10ccccc%10c9c8)c67)cc5c4c3)c3cccc4oc5ccccc5c34)cc2)cc(-c2cccc3ccccc23)c1. The molecule has 0 atom stereocenters. The molecule has 104 heavy (non-hydrogen) atoms. The van der Waals surface area contributed by atoms with Crippen molar-refractivity contribution < 1.29 is 17.7 Å². The second-order valence-corrected chi connectivity index (χ2v) is 27.0. The first-order valence-corrected chi connectivity index (χ1v) is 35.3. The highest BCUT2D eigenvalue weighted by Crippen LogP contribution is 2.51. The van der Waals surface area contributed by atoms with Crippen molar-refractivity contribution in [3.05, 3.63) is 364 Å². The van der Waals surface area contributed by atoms with Crippen LogP contribution in [0.5, 0.6) is 0 Å². The fourth-order valence-corrected chi connectivity index (χ4v) is 16.3. The third-order valence-corrected chi connectivity index (χ3v) is 21.1. The lowest BCUT2D eigenvalue weighted by atomic mass is 9.95. The third kappa shape index (κ3) is 9.65. The highest BCUT2D eigenvalue weighted by molar-refractivity contribution is 6.19. The van der Waals surface area contributed by atoms with Crippen LogP contribution in [0.2, 0.25) is 0 Å². The predicted molar refractivity (Wildman–Crippen MR) is 433 cm³/mol. The van der Waals surface area contributed by atoms with Gasteiger partial charge in [0, 0.05) is 60.4 Å². The van der Waals surface area contributed by atoms with Crippen LogP contribution in [0.3, 0.4) is 0 Å². The highest BCUT2D eigenvalue weighted by atomic mass is 16.3. The second-order valence-electron chi connectivity index (χ2n) is 27.0. The standard InChI is InChI=1S/C98H60N2O4/c1-3-28-72-62(20-1)22-15-34-74(72)65-25-13-24-64(56-65)61-46-51-70(52-47-61)99(87-40-18-44-94-96(87)80-33-8-12-43-90(80)103-94)85-38-9-5-30-76(85)68-49-54-92-83(59-68)84-60-69(50-55-93(84)102-92)78-36-17-37-81-97-88(41-19-45-95(97)104-98(78)81)100(71-27-14-26-66(57-71)75-35-16-23-63-21-2-4-29-73(63)75)86-39-10-6-31-77(86)67-48-53-91-82(58-67)79-32-7-11-42-89(79)101-91/h1-60H. The number of furan rings is 4.